The van der Waals surface area contributed by atoms with E-state index in [1.54, 1.807) is 40.5 Å². The highest BCUT2D eigenvalue weighted by atomic mass is 16.5. The van der Waals surface area contributed by atoms with Gasteiger partial charge in [-0.15, -0.1) is 0 Å². The fourth-order valence-corrected chi connectivity index (χ4v) is 1.27. The summed E-state index contributed by atoms with van der Waals surface area (Å²) >= 11 is 0. The molecule has 0 N–H and O–H groups in total. The maximum absolute atomic E-state index is 11.4. The van der Waals surface area contributed by atoms with Crippen LogP contribution in [-0.4, -0.2) is 39.1 Å². The Labute approximate surface area is 101 Å². The molecule has 17 heavy (non-hydrogen) atoms. The number of nitrogens with zero attached hydrogens (tertiary/aromatic N) is 1. The zero-order valence-corrected chi connectivity index (χ0v) is 10.6. The van der Waals surface area contributed by atoms with Gasteiger partial charge in [-0.05, 0) is 23.8 Å². The highest BCUT2D eigenvalue weighted by molar-refractivity contribution is 5.91. The van der Waals surface area contributed by atoms with Crippen molar-refractivity contribution in [1.82, 2.24) is 4.90 Å². The molecule has 0 aliphatic carbocycles. The van der Waals surface area contributed by atoms with Crippen LogP contribution >= 0.6 is 0 Å². The number of hydrogen-bond acceptors (Lipinski definition) is 3. The number of ether oxygens (including phenoxy) is 2. The average Bonchev–Trinajstić information content (AvgIpc) is 2.35. The van der Waals surface area contributed by atoms with Crippen molar-refractivity contribution in [2.24, 2.45) is 0 Å². The number of methoxy groups -OCH3 is 2. The summed E-state index contributed by atoms with van der Waals surface area (Å²) in [6.45, 7) is 0. The second kappa shape index (κ2) is 5.94. The summed E-state index contributed by atoms with van der Waals surface area (Å²) in [4.78, 5) is 12.9. The predicted octanol–water partition coefficient (Wildman–Crippen LogP) is 1.81. The van der Waals surface area contributed by atoms with Gasteiger partial charge in [-0.3, -0.25) is 4.79 Å². The molecule has 0 bridgehead atoms. The fourth-order valence-electron chi connectivity index (χ4n) is 1.27. The van der Waals surface area contributed by atoms with Crippen molar-refractivity contribution in [2.45, 2.75) is 0 Å². The van der Waals surface area contributed by atoms with E-state index in [4.69, 9.17) is 9.47 Å². The third kappa shape index (κ3) is 3.52. The number of hydrogen-bond donors (Lipinski definition) is 0. The van der Waals surface area contributed by atoms with Gasteiger partial charge in [0.1, 0.15) is 0 Å². The van der Waals surface area contributed by atoms with Gasteiger partial charge < -0.3 is 14.4 Å². The summed E-state index contributed by atoms with van der Waals surface area (Å²) in [6.07, 6.45) is 3.26. The standard InChI is InChI=1S/C13H17NO3/c1-14(2)13(15)8-6-10-5-7-11(16-3)12(9-10)17-4/h5-9H,1-4H3. The average molecular weight is 235 g/mol. The second-order valence-corrected chi connectivity index (χ2v) is 3.68. The first-order valence-electron chi connectivity index (χ1n) is 5.20. The van der Waals surface area contributed by atoms with Crippen molar-refractivity contribution in [3.8, 4) is 11.5 Å². The van der Waals surface area contributed by atoms with Gasteiger partial charge in [0.25, 0.3) is 0 Å². The van der Waals surface area contributed by atoms with Crippen molar-refractivity contribution in [1.29, 1.82) is 0 Å². The van der Waals surface area contributed by atoms with Gasteiger partial charge in [0, 0.05) is 20.2 Å². The first-order chi connectivity index (χ1) is 8.08. The van der Waals surface area contributed by atoms with Gasteiger partial charge in [-0.1, -0.05) is 6.07 Å². The summed E-state index contributed by atoms with van der Waals surface area (Å²) in [5, 5.41) is 0. The van der Waals surface area contributed by atoms with Crippen LogP contribution in [0.3, 0.4) is 0 Å². The van der Waals surface area contributed by atoms with E-state index < -0.39 is 0 Å². The van der Waals surface area contributed by atoms with Crippen molar-refractivity contribution in [3.63, 3.8) is 0 Å². The van der Waals surface area contributed by atoms with Crippen LogP contribution in [0, 0.1) is 0 Å². The zero-order valence-electron chi connectivity index (χ0n) is 10.6. The Hall–Kier alpha value is -1.97. The van der Waals surface area contributed by atoms with Crippen molar-refractivity contribution < 1.29 is 14.3 Å². The minimum absolute atomic E-state index is 0.0558. The van der Waals surface area contributed by atoms with Crippen LogP contribution in [0.4, 0.5) is 0 Å². The minimum Gasteiger partial charge on any atom is -0.493 e. The van der Waals surface area contributed by atoms with Crippen molar-refractivity contribution in [2.75, 3.05) is 28.3 Å². The van der Waals surface area contributed by atoms with Crippen LogP contribution in [0.1, 0.15) is 5.56 Å². The normalized spacial score (nSPS) is 10.4. The van der Waals surface area contributed by atoms with Crippen LogP contribution < -0.4 is 9.47 Å². The van der Waals surface area contributed by atoms with E-state index in [-0.39, 0.29) is 5.91 Å². The molecule has 0 aliphatic rings. The molecule has 1 amide bonds. The summed E-state index contributed by atoms with van der Waals surface area (Å²) in [5.74, 6) is 1.26. The number of amides is 1. The molecule has 0 heterocycles. The SMILES string of the molecule is COc1ccc(C=CC(=O)N(C)C)cc1OC. The lowest BCUT2D eigenvalue weighted by Crippen LogP contribution is -2.18. The second-order valence-electron chi connectivity index (χ2n) is 3.68. The Morgan fingerprint density at radius 1 is 1.18 bits per heavy atom. The van der Waals surface area contributed by atoms with Crippen LogP contribution in [0.5, 0.6) is 11.5 Å². The first kappa shape index (κ1) is 13.1. The third-order valence-electron chi connectivity index (χ3n) is 2.27. The van der Waals surface area contributed by atoms with Crippen molar-refractivity contribution in [3.05, 3.63) is 29.8 Å². The smallest absolute Gasteiger partial charge is 0.246 e. The van der Waals surface area contributed by atoms with E-state index in [2.05, 4.69) is 0 Å². The topological polar surface area (TPSA) is 38.8 Å². The van der Waals surface area contributed by atoms with E-state index in [1.165, 1.54) is 11.0 Å². The molecule has 1 rings (SSSR count). The lowest BCUT2D eigenvalue weighted by molar-refractivity contribution is -0.123. The molecule has 1 aromatic carbocycles. The Bertz CT molecular complexity index is 425. The molecule has 0 radical (unpaired) electrons. The number of rotatable bonds is 4. The monoisotopic (exact) mass is 235 g/mol. The molecule has 0 spiro atoms. The molecule has 0 saturated carbocycles. The summed E-state index contributed by atoms with van der Waals surface area (Å²) in [6, 6.07) is 5.48. The summed E-state index contributed by atoms with van der Waals surface area (Å²) in [7, 11) is 6.59. The molecule has 0 unspecified atom stereocenters. The molecule has 0 aromatic heterocycles. The Balaban J connectivity index is 2.90. The van der Waals surface area contributed by atoms with Gasteiger partial charge in [-0.2, -0.15) is 0 Å². The lowest BCUT2D eigenvalue weighted by Gasteiger charge is -2.08. The number of likely N-dealkylation sites (N-methyl/N-ethyl adjacent to an activating group) is 1. The molecular weight excluding hydrogens is 218 g/mol. The van der Waals surface area contributed by atoms with Gasteiger partial charge >= 0.3 is 0 Å². The molecule has 0 fully saturated rings. The Morgan fingerprint density at radius 2 is 1.82 bits per heavy atom. The number of carbonyl (C=O) groups excluding carboxylic acids is 1. The summed E-state index contributed by atoms with van der Waals surface area (Å²) < 4.78 is 10.3. The van der Waals surface area contributed by atoms with E-state index >= 15 is 0 Å². The van der Waals surface area contributed by atoms with Crippen molar-refractivity contribution >= 4 is 12.0 Å². The van der Waals surface area contributed by atoms with E-state index in [1.807, 2.05) is 12.1 Å². The largest absolute Gasteiger partial charge is 0.493 e. The summed E-state index contributed by atoms with van der Waals surface area (Å²) in [5.41, 5.74) is 0.887. The lowest BCUT2D eigenvalue weighted by atomic mass is 10.2. The molecule has 0 atom stereocenters. The van der Waals surface area contributed by atoms with Crippen LogP contribution in [0.15, 0.2) is 24.3 Å². The van der Waals surface area contributed by atoms with E-state index in [0.717, 1.165) is 5.56 Å². The van der Waals surface area contributed by atoms with Gasteiger partial charge in [0.2, 0.25) is 5.91 Å². The van der Waals surface area contributed by atoms with E-state index in [0.29, 0.717) is 11.5 Å². The maximum atomic E-state index is 11.4. The van der Waals surface area contributed by atoms with Crippen LogP contribution in [-0.2, 0) is 4.79 Å². The number of carbonyl (C=O) groups is 1. The molecule has 0 saturated heterocycles. The molecule has 4 heteroatoms. The Morgan fingerprint density at radius 3 is 2.35 bits per heavy atom. The maximum Gasteiger partial charge on any atom is 0.246 e. The quantitative estimate of drug-likeness (QED) is 0.747. The minimum atomic E-state index is -0.0558. The van der Waals surface area contributed by atoms with Gasteiger partial charge in [0.15, 0.2) is 11.5 Å². The number of benzene rings is 1. The highest BCUT2D eigenvalue weighted by Gasteiger charge is 2.03. The third-order valence-corrected chi connectivity index (χ3v) is 2.27. The molecule has 0 aliphatic heterocycles. The molecular formula is C13H17NO3. The predicted molar refractivity (Wildman–Crippen MR) is 67.3 cm³/mol. The van der Waals surface area contributed by atoms with Crippen LogP contribution in [0.2, 0.25) is 0 Å². The zero-order chi connectivity index (χ0) is 12.8. The van der Waals surface area contributed by atoms with Gasteiger partial charge in [-0.25, -0.2) is 0 Å². The Kier molecular flexibility index (Phi) is 4.57. The highest BCUT2D eigenvalue weighted by Crippen LogP contribution is 2.27. The van der Waals surface area contributed by atoms with Crippen LogP contribution in [0.25, 0.3) is 6.08 Å². The molecule has 4 nitrogen and oxygen atoms in total. The fraction of sp³-hybridized carbons (Fsp3) is 0.308. The first-order valence-corrected chi connectivity index (χ1v) is 5.20. The molecule has 1 aromatic rings. The molecule has 92 valence electrons. The van der Waals surface area contributed by atoms with E-state index in [9.17, 15) is 4.79 Å². The van der Waals surface area contributed by atoms with Gasteiger partial charge in [0.05, 0.1) is 14.2 Å².